The fourth-order valence-corrected chi connectivity index (χ4v) is 2.13. The Labute approximate surface area is 140 Å². The molecule has 0 aliphatic carbocycles. The maximum absolute atomic E-state index is 13.6. The predicted molar refractivity (Wildman–Crippen MR) is 86.1 cm³/mol. The number of aliphatic hydroxyl groups excluding tert-OH is 1. The minimum atomic E-state index is -1.13. The molecule has 2 atom stereocenters. The molecule has 0 bridgehead atoms. The molecule has 0 saturated carbocycles. The van der Waals surface area contributed by atoms with Crippen molar-refractivity contribution in [3.05, 3.63) is 35.6 Å². The Kier molecular flexibility index (Phi) is 7.16. The van der Waals surface area contributed by atoms with Gasteiger partial charge in [-0.2, -0.15) is 0 Å². The maximum atomic E-state index is 13.6. The third-order valence-corrected chi connectivity index (χ3v) is 3.21. The Morgan fingerprint density at radius 3 is 2.46 bits per heavy atom. The monoisotopic (exact) mass is 341 g/mol. The van der Waals surface area contributed by atoms with E-state index in [4.69, 9.17) is 4.74 Å². The van der Waals surface area contributed by atoms with Crippen LogP contribution in [0.4, 0.5) is 9.18 Å². The summed E-state index contributed by atoms with van der Waals surface area (Å²) in [6, 6.07) is 5.91. The second kappa shape index (κ2) is 8.63. The summed E-state index contributed by atoms with van der Waals surface area (Å²) in [5, 5.41) is 21.6. The Hall–Kier alpha value is -2.15. The van der Waals surface area contributed by atoms with Gasteiger partial charge in [0.1, 0.15) is 11.4 Å². The first-order valence-electron chi connectivity index (χ1n) is 7.69. The van der Waals surface area contributed by atoms with E-state index in [0.29, 0.717) is 0 Å². The van der Waals surface area contributed by atoms with E-state index >= 15 is 0 Å². The van der Waals surface area contributed by atoms with Gasteiger partial charge in [0.25, 0.3) is 0 Å². The molecule has 7 heteroatoms. The van der Waals surface area contributed by atoms with Gasteiger partial charge in [0.2, 0.25) is 0 Å². The van der Waals surface area contributed by atoms with E-state index in [2.05, 4.69) is 5.32 Å². The lowest BCUT2D eigenvalue weighted by molar-refractivity contribution is -0.142. The second-order valence-electron chi connectivity index (χ2n) is 6.60. The average molecular weight is 341 g/mol. The molecule has 1 aromatic carbocycles. The van der Waals surface area contributed by atoms with Crippen LogP contribution in [0.25, 0.3) is 0 Å². The van der Waals surface area contributed by atoms with Gasteiger partial charge in [0.05, 0.1) is 12.0 Å². The first-order valence-corrected chi connectivity index (χ1v) is 7.69. The minimum Gasteiger partial charge on any atom is -0.481 e. The molecule has 134 valence electrons. The number of carboxylic acids is 1. The van der Waals surface area contributed by atoms with Crippen LogP contribution in [0.2, 0.25) is 0 Å². The highest BCUT2D eigenvalue weighted by Crippen LogP contribution is 2.17. The fraction of sp³-hybridized carbons (Fsp3) is 0.529. The lowest BCUT2D eigenvalue weighted by Gasteiger charge is -2.21. The number of aliphatic carboxylic acids is 1. The number of ether oxygens (including phenoxy) is 1. The van der Waals surface area contributed by atoms with Crippen molar-refractivity contribution in [1.82, 2.24) is 5.32 Å². The summed E-state index contributed by atoms with van der Waals surface area (Å²) in [4.78, 5) is 22.8. The Balaban J connectivity index is 2.55. The average Bonchev–Trinajstić information content (AvgIpc) is 2.44. The smallest absolute Gasteiger partial charge is 0.407 e. The van der Waals surface area contributed by atoms with Gasteiger partial charge in [0.15, 0.2) is 0 Å². The highest BCUT2D eigenvalue weighted by Gasteiger charge is 2.24. The predicted octanol–water partition coefficient (Wildman–Crippen LogP) is 2.34. The van der Waals surface area contributed by atoms with Gasteiger partial charge in [-0.25, -0.2) is 9.18 Å². The van der Waals surface area contributed by atoms with Gasteiger partial charge in [0, 0.05) is 6.54 Å². The molecule has 6 nitrogen and oxygen atoms in total. The Morgan fingerprint density at radius 1 is 1.29 bits per heavy atom. The van der Waals surface area contributed by atoms with E-state index in [9.17, 15) is 24.2 Å². The van der Waals surface area contributed by atoms with Crippen LogP contribution < -0.4 is 5.32 Å². The maximum Gasteiger partial charge on any atom is 0.407 e. The molecule has 0 heterocycles. The molecule has 1 amide bonds. The molecule has 0 saturated heterocycles. The molecule has 0 unspecified atom stereocenters. The molecule has 0 aliphatic heterocycles. The van der Waals surface area contributed by atoms with Gasteiger partial charge in [-0.1, -0.05) is 18.2 Å². The number of rotatable bonds is 7. The lowest BCUT2D eigenvalue weighted by atomic mass is 9.93. The molecule has 3 N–H and O–H groups in total. The summed E-state index contributed by atoms with van der Waals surface area (Å²) in [5.74, 6) is -2.57. The zero-order valence-electron chi connectivity index (χ0n) is 14.1. The number of alkyl carbamates (subject to hydrolysis) is 1. The van der Waals surface area contributed by atoms with Gasteiger partial charge in [-0.15, -0.1) is 0 Å². The van der Waals surface area contributed by atoms with Crippen LogP contribution in [0, 0.1) is 11.7 Å². The van der Waals surface area contributed by atoms with Crippen molar-refractivity contribution < 1.29 is 28.9 Å². The van der Waals surface area contributed by atoms with Crippen LogP contribution in [0.3, 0.4) is 0 Å². The van der Waals surface area contributed by atoms with Crippen molar-refractivity contribution in [3.63, 3.8) is 0 Å². The number of amides is 1. The largest absolute Gasteiger partial charge is 0.481 e. The number of carbonyl (C=O) groups excluding carboxylic acids is 1. The molecular formula is C17H24FNO5. The number of hydrogen-bond donors (Lipinski definition) is 3. The third-order valence-electron chi connectivity index (χ3n) is 3.21. The number of nitrogens with one attached hydrogen (secondary N) is 1. The normalized spacial score (nSPS) is 13.9. The Bertz CT molecular complexity index is 570. The highest BCUT2D eigenvalue weighted by molar-refractivity contribution is 5.70. The number of hydrogen-bond acceptors (Lipinski definition) is 4. The molecule has 24 heavy (non-hydrogen) atoms. The summed E-state index contributed by atoms with van der Waals surface area (Å²) in [6.07, 6.45) is -1.92. The molecule has 1 rings (SSSR count). The van der Waals surface area contributed by atoms with Crippen LogP contribution in [0.1, 0.15) is 32.8 Å². The SMILES string of the molecule is CC(C)(C)OC(=O)NC[C@@H](O)C[C@@H](Cc1ccccc1F)C(=O)O. The molecule has 0 radical (unpaired) electrons. The molecule has 1 aromatic rings. The van der Waals surface area contributed by atoms with Gasteiger partial charge in [-0.3, -0.25) is 4.79 Å². The van der Waals surface area contributed by atoms with Crippen LogP contribution in [0.5, 0.6) is 0 Å². The molecule has 0 aromatic heterocycles. The van der Waals surface area contributed by atoms with Crippen LogP contribution >= 0.6 is 0 Å². The third kappa shape index (κ3) is 7.41. The zero-order chi connectivity index (χ0) is 18.3. The molecule has 0 fully saturated rings. The number of carboxylic acid groups (broad SMARTS) is 1. The van der Waals surface area contributed by atoms with Crippen molar-refractivity contribution >= 4 is 12.1 Å². The first-order chi connectivity index (χ1) is 11.1. The quantitative estimate of drug-likeness (QED) is 0.707. The van der Waals surface area contributed by atoms with E-state index in [0.717, 1.165) is 0 Å². The van der Waals surface area contributed by atoms with Gasteiger partial charge in [-0.05, 0) is 45.2 Å². The minimum absolute atomic E-state index is 0.0362. The summed E-state index contributed by atoms with van der Waals surface area (Å²) in [6.45, 7) is 4.98. The summed E-state index contributed by atoms with van der Waals surface area (Å²) >= 11 is 0. The summed E-state index contributed by atoms with van der Waals surface area (Å²) in [7, 11) is 0. The summed E-state index contributed by atoms with van der Waals surface area (Å²) < 4.78 is 18.7. The standard InChI is InChI=1S/C17H24FNO5/c1-17(2,3)24-16(23)19-10-13(20)9-12(15(21)22)8-11-6-4-5-7-14(11)18/h4-7,12-13,20H,8-10H2,1-3H3,(H,19,23)(H,21,22)/t12-,13+/m1/s1. The van der Waals surface area contributed by atoms with Gasteiger partial charge < -0.3 is 20.3 Å². The van der Waals surface area contributed by atoms with E-state index < -0.39 is 35.5 Å². The fourth-order valence-electron chi connectivity index (χ4n) is 2.13. The highest BCUT2D eigenvalue weighted by atomic mass is 19.1. The van der Waals surface area contributed by atoms with Crippen LogP contribution in [-0.2, 0) is 16.0 Å². The number of benzene rings is 1. The lowest BCUT2D eigenvalue weighted by Crippen LogP contribution is -2.38. The van der Waals surface area contributed by atoms with E-state index in [1.165, 1.54) is 18.2 Å². The van der Waals surface area contributed by atoms with Gasteiger partial charge >= 0.3 is 12.1 Å². The molecule has 0 spiro atoms. The van der Waals surface area contributed by atoms with Crippen LogP contribution in [0.15, 0.2) is 24.3 Å². The zero-order valence-corrected chi connectivity index (χ0v) is 14.1. The van der Waals surface area contributed by atoms with Crippen molar-refractivity contribution in [2.45, 2.75) is 45.3 Å². The number of carbonyl (C=O) groups is 2. The van der Waals surface area contributed by atoms with Crippen LogP contribution in [-0.4, -0.2) is 40.5 Å². The van der Waals surface area contributed by atoms with Crippen molar-refractivity contribution in [3.8, 4) is 0 Å². The van der Waals surface area contributed by atoms with E-state index in [-0.39, 0.29) is 24.9 Å². The molecule has 0 aliphatic rings. The first kappa shape index (κ1) is 19.9. The number of halogens is 1. The number of aliphatic hydroxyl groups is 1. The van der Waals surface area contributed by atoms with E-state index in [1.807, 2.05) is 0 Å². The van der Waals surface area contributed by atoms with E-state index in [1.54, 1.807) is 26.8 Å². The second-order valence-corrected chi connectivity index (χ2v) is 6.60. The topological polar surface area (TPSA) is 95.9 Å². The molecular weight excluding hydrogens is 317 g/mol. The summed E-state index contributed by atoms with van der Waals surface area (Å²) in [5.41, 5.74) is -0.388. The van der Waals surface area contributed by atoms with Crippen molar-refractivity contribution in [2.24, 2.45) is 5.92 Å². The van der Waals surface area contributed by atoms with Crippen molar-refractivity contribution in [1.29, 1.82) is 0 Å². The van der Waals surface area contributed by atoms with Crippen molar-refractivity contribution in [2.75, 3.05) is 6.54 Å². The Morgan fingerprint density at radius 2 is 1.92 bits per heavy atom.